The zero-order valence-electron chi connectivity index (χ0n) is 14.8. The third kappa shape index (κ3) is 5.75. The Morgan fingerprint density at radius 1 is 1.15 bits per heavy atom. The van der Waals surface area contributed by atoms with Crippen LogP contribution in [0.15, 0.2) is 41.4 Å². The summed E-state index contributed by atoms with van der Waals surface area (Å²) in [4.78, 5) is 6.17. The number of ether oxygens (including phenoxy) is 1. The van der Waals surface area contributed by atoms with Crippen LogP contribution in [0.4, 0.5) is 23.2 Å². The normalized spacial score (nSPS) is 11.8. The molecule has 0 heterocycles. The maximum Gasteiger partial charge on any atom is 0.573 e. The van der Waals surface area contributed by atoms with Crippen molar-refractivity contribution in [2.24, 2.45) is 4.99 Å². The summed E-state index contributed by atoms with van der Waals surface area (Å²) in [5, 5.41) is 0. The molecule has 2 aromatic rings. The van der Waals surface area contributed by atoms with Gasteiger partial charge in [-0.25, -0.2) is 9.38 Å². The van der Waals surface area contributed by atoms with Gasteiger partial charge in [0.2, 0.25) is 0 Å². The molecule has 7 heteroatoms. The molecule has 3 nitrogen and oxygen atoms in total. The topological polar surface area (TPSA) is 24.8 Å². The van der Waals surface area contributed by atoms with Gasteiger partial charge in [0.25, 0.3) is 0 Å². The quantitative estimate of drug-likeness (QED) is 0.396. The van der Waals surface area contributed by atoms with Gasteiger partial charge in [-0.1, -0.05) is 12.1 Å². The fourth-order valence-electron chi connectivity index (χ4n) is 2.31. The second-order valence-electron chi connectivity index (χ2n) is 5.90. The van der Waals surface area contributed by atoms with Gasteiger partial charge in [-0.05, 0) is 61.2 Å². The van der Waals surface area contributed by atoms with Crippen molar-refractivity contribution in [3.8, 4) is 5.75 Å². The molecule has 26 heavy (non-hydrogen) atoms. The van der Waals surface area contributed by atoms with E-state index in [1.54, 1.807) is 6.34 Å². The third-order valence-electron chi connectivity index (χ3n) is 3.90. The lowest BCUT2D eigenvalue weighted by Crippen LogP contribution is -2.17. The Morgan fingerprint density at radius 2 is 1.81 bits per heavy atom. The van der Waals surface area contributed by atoms with E-state index in [4.69, 9.17) is 0 Å². The van der Waals surface area contributed by atoms with E-state index in [9.17, 15) is 17.6 Å². The zero-order chi connectivity index (χ0) is 19.3. The SMILES string of the molecule is CCN(C)C=Nc1cc(F)cc(Cc2ccc(OC(F)(F)F)cc2)c1C. The number of rotatable bonds is 6. The van der Waals surface area contributed by atoms with Crippen molar-refractivity contribution in [2.45, 2.75) is 26.6 Å². The Labute approximate surface area is 149 Å². The summed E-state index contributed by atoms with van der Waals surface area (Å²) in [5.74, 6) is -0.695. The number of halogens is 4. The minimum Gasteiger partial charge on any atom is -0.406 e. The highest BCUT2D eigenvalue weighted by molar-refractivity contribution is 5.64. The summed E-state index contributed by atoms with van der Waals surface area (Å²) in [6.07, 6.45) is -2.71. The van der Waals surface area contributed by atoms with Crippen LogP contribution in [0.25, 0.3) is 0 Å². The average Bonchev–Trinajstić information content (AvgIpc) is 2.56. The highest BCUT2D eigenvalue weighted by Gasteiger charge is 2.30. The van der Waals surface area contributed by atoms with Crippen LogP contribution in [0.3, 0.4) is 0 Å². The van der Waals surface area contributed by atoms with Crippen LogP contribution < -0.4 is 4.74 Å². The van der Waals surface area contributed by atoms with Gasteiger partial charge in [-0.2, -0.15) is 0 Å². The molecule has 0 N–H and O–H groups in total. The molecule has 0 fully saturated rings. The van der Waals surface area contributed by atoms with E-state index in [1.165, 1.54) is 36.4 Å². The zero-order valence-corrected chi connectivity index (χ0v) is 14.8. The van der Waals surface area contributed by atoms with Crippen LogP contribution in [0, 0.1) is 12.7 Å². The smallest absolute Gasteiger partial charge is 0.406 e. The Balaban J connectivity index is 2.21. The van der Waals surface area contributed by atoms with Crippen LogP contribution in [-0.4, -0.2) is 31.2 Å². The van der Waals surface area contributed by atoms with E-state index in [1.807, 2.05) is 25.8 Å². The van der Waals surface area contributed by atoms with Crippen molar-refractivity contribution in [1.29, 1.82) is 0 Å². The van der Waals surface area contributed by atoms with Crippen molar-refractivity contribution >= 4 is 12.0 Å². The summed E-state index contributed by atoms with van der Waals surface area (Å²) in [5.41, 5.74) is 2.81. The number of nitrogens with zero attached hydrogens (tertiary/aromatic N) is 2. The van der Waals surface area contributed by atoms with Gasteiger partial charge in [-0.3, -0.25) is 0 Å². The molecule has 0 unspecified atom stereocenters. The molecule has 2 rings (SSSR count). The summed E-state index contributed by atoms with van der Waals surface area (Å²) in [6.45, 7) is 4.59. The van der Waals surface area contributed by atoms with E-state index in [2.05, 4.69) is 9.73 Å². The van der Waals surface area contributed by atoms with Gasteiger partial charge < -0.3 is 9.64 Å². The second kappa shape index (κ2) is 8.21. The Bertz CT molecular complexity index is 770. The first kappa shape index (κ1) is 19.8. The maximum absolute atomic E-state index is 13.9. The van der Waals surface area contributed by atoms with Gasteiger partial charge in [-0.15, -0.1) is 13.2 Å². The number of hydrogen-bond donors (Lipinski definition) is 0. The highest BCUT2D eigenvalue weighted by atomic mass is 19.4. The molecule has 0 radical (unpaired) electrons. The first-order chi connectivity index (χ1) is 12.2. The average molecular weight is 368 g/mol. The fraction of sp³-hybridized carbons (Fsp3) is 0.316. The van der Waals surface area contributed by atoms with Crippen LogP contribution in [0.1, 0.15) is 23.6 Å². The third-order valence-corrected chi connectivity index (χ3v) is 3.90. The maximum atomic E-state index is 13.9. The van der Waals surface area contributed by atoms with Crippen LogP contribution >= 0.6 is 0 Å². The molecule has 0 aliphatic rings. The number of alkyl halides is 3. The highest BCUT2D eigenvalue weighted by Crippen LogP contribution is 2.27. The van der Waals surface area contributed by atoms with Gasteiger partial charge in [0.05, 0.1) is 12.0 Å². The lowest BCUT2D eigenvalue weighted by Gasteiger charge is -2.12. The molecule has 0 bridgehead atoms. The first-order valence-electron chi connectivity index (χ1n) is 8.06. The molecule has 2 aromatic carbocycles. The van der Waals surface area contributed by atoms with Crippen molar-refractivity contribution in [1.82, 2.24) is 4.90 Å². The summed E-state index contributed by atoms with van der Waals surface area (Å²) in [6, 6.07) is 8.31. The van der Waals surface area contributed by atoms with Crippen LogP contribution in [0.2, 0.25) is 0 Å². The molecule has 0 aliphatic heterocycles. The standard InChI is InChI=1S/C19H20F4N2O/c1-4-25(3)12-24-18-11-16(20)10-15(13(18)2)9-14-5-7-17(8-6-14)26-19(21,22)23/h5-8,10-12H,4,9H2,1-3H3. The van der Waals surface area contributed by atoms with E-state index in [0.717, 1.165) is 23.2 Å². The van der Waals surface area contributed by atoms with Crippen LogP contribution in [0.5, 0.6) is 5.75 Å². The molecule has 0 atom stereocenters. The number of benzene rings is 2. The minimum atomic E-state index is -4.72. The monoisotopic (exact) mass is 368 g/mol. The summed E-state index contributed by atoms with van der Waals surface area (Å²) in [7, 11) is 1.86. The van der Waals surface area contributed by atoms with Gasteiger partial charge in [0.15, 0.2) is 0 Å². The molecule has 0 aromatic heterocycles. The Morgan fingerprint density at radius 3 is 2.38 bits per heavy atom. The predicted molar refractivity (Wildman–Crippen MR) is 93.5 cm³/mol. The Kier molecular flexibility index (Phi) is 6.23. The number of aliphatic imine (C=N–C) groups is 1. The van der Waals surface area contributed by atoms with Gasteiger partial charge >= 0.3 is 6.36 Å². The fourth-order valence-corrected chi connectivity index (χ4v) is 2.31. The molecular formula is C19H20F4N2O. The van der Waals surface area contributed by atoms with E-state index < -0.39 is 12.2 Å². The lowest BCUT2D eigenvalue weighted by atomic mass is 9.99. The molecule has 0 saturated heterocycles. The van der Waals surface area contributed by atoms with Crippen molar-refractivity contribution in [3.63, 3.8) is 0 Å². The Hall–Kier alpha value is -2.57. The van der Waals surface area contributed by atoms with Gasteiger partial charge in [0.1, 0.15) is 11.6 Å². The van der Waals surface area contributed by atoms with Crippen molar-refractivity contribution in [3.05, 3.63) is 58.9 Å². The molecular weight excluding hydrogens is 348 g/mol. The van der Waals surface area contributed by atoms with Crippen molar-refractivity contribution in [2.75, 3.05) is 13.6 Å². The van der Waals surface area contributed by atoms with Crippen LogP contribution in [-0.2, 0) is 6.42 Å². The van der Waals surface area contributed by atoms with E-state index in [-0.39, 0.29) is 5.75 Å². The number of hydrogen-bond acceptors (Lipinski definition) is 2. The first-order valence-corrected chi connectivity index (χ1v) is 8.06. The van der Waals surface area contributed by atoms with E-state index in [0.29, 0.717) is 12.1 Å². The predicted octanol–water partition coefficient (Wildman–Crippen LogP) is 5.24. The lowest BCUT2D eigenvalue weighted by molar-refractivity contribution is -0.274. The molecule has 0 amide bonds. The van der Waals surface area contributed by atoms with E-state index >= 15 is 0 Å². The molecule has 0 aliphatic carbocycles. The molecule has 140 valence electrons. The summed E-state index contributed by atoms with van der Waals surface area (Å²) < 4.78 is 54.4. The molecule has 0 saturated carbocycles. The minimum absolute atomic E-state index is 0.287. The second-order valence-corrected chi connectivity index (χ2v) is 5.90. The molecule has 0 spiro atoms. The van der Waals surface area contributed by atoms with Crippen molar-refractivity contribution < 1.29 is 22.3 Å². The largest absolute Gasteiger partial charge is 0.573 e. The van der Waals surface area contributed by atoms with Gasteiger partial charge in [0, 0.05) is 13.6 Å². The summed E-state index contributed by atoms with van der Waals surface area (Å²) >= 11 is 0.